The number of aliphatic hydroxyl groups excluding tert-OH is 1. The monoisotopic (exact) mass is 292 g/mol. The Bertz CT molecular complexity index is 602. The molecule has 0 atom stereocenters. The van der Waals surface area contributed by atoms with Crippen LogP contribution in [0.5, 0.6) is 0 Å². The van der Waals surface area contributed by atoms with Gasteiger partial charge in [-0.15, -0.1) is 0 Å². The molecule has 1 aromatic rings. The third-order valence-electron chi connectivity index (χ3n) is 2.54. The van der Waals surface area contributed by atoms with E-state index in [1.54, 1.807) is 0 Å². The normalized spacial score (nSPS) is 11.8. The van der Waals surface area contributed by atoms with Crippen molar-refractivity contribution in [3.8, 4) is 0 Å². The predicted molar refractivity (Wildman–Crippen MR) is 64.7 cm³/mol. The number of nitrogens with zero attached hydrogens (tertiary/aromatic N) is 2. The molecule has 0 aliphatic heterocycles. The van der Waals surface area contributed by atoms with Crippen LogP contribution in [0.3, 0.4) is 0 Å². The first-order valence-electron chi connectivity index (χ1n) is 5.23. The smallest absolute Gasteiger partial charge is 0.306 e. The number of rotatable bonds is 5. The van der Waals surface area contributed by atoms with Crippen LogP contribution in [0.15, 0.2) is 17.0 Å². The SMILES string of the molecule is Cc1cc(F)c([N+](=O)[O-])cc1S(=O)(=O)N(C)CCO. The molecule has 0 aromatic heterocycles. The van der Waals surface area contributed by atoms with Gasteiger partial charge in [-0.2, -0.15) is 8.70 Å². The maximum absolute atomic E-state index is 13.3. The van der Waals surface area contributed by atoms with Crippen LogP contribution >= 0.6 is 0 Å². The average molecular weight is 292 g/mol. The molecule has 106 valence electrons. The van der Waals surface area contributed by atoms with Crippen molar-refractivity contribution in [1.82, 2.24) is 4.31 Å². The van der Waals surface area contributed by atoms with Crippen LogP contribution in [0, 0.1) is 22.9 Å². The largest absolute Gasteiger partial charge is 0.395 e. The van der Waals surface area contributed by atoms with Crippen molar-refractivity contribution in [2.24, 2.45) is 0 Å². The van der Waals surface area contributed by atoms with Gasteiger partial charge in [0, 0.05) is 19.7 Å². The molecule has 0 aliphatic rings. The van der Waals surface area contributed by atoms with Crippen molar-refractivity contribution in [1.29, 1.82) is 0 Å². The quantitative estimate of drug-likeness (QED) is 0.634. The Hall–Kier alpha value is -1.58. The summed E-state index contributed by atoms with van der Waals surface area (Å²) >= 11 is 0. The van der Waals surface area contributed by atoms with Crippen LogP contribution < -0.4 is 0 Å². The summed E-state index contributed by atoms with van der Waals surface area (Å²) in [4.78, 5) is 9.29. The van der Waals surface area contributed by atoms with Crippen LogP contribution in [0.4, 0.5) is 10.1 Å². The van der Waals surface area contributed by atoms with Crippen LogP contribution in [0.1, 0.15) is 5.56 Å². The van der Waals surface area contributed by atoms with Gasteiger partial charge in [-0.25, -0.2) is 8.42 Å². The molecule has 0 bridgehead atoms. The van der Waals surface area contributed by atoms with Gasteiger partial charge in [-0.05, 0) is 18.6 Å². The van der Waals surface area contributed by atoms with Gasteiger partial charge in [0.05, 0.1) is 16.4 Å². The van der Waals surface area contributed by atoms with Crippen molar-refractivity contribution in [3.05, 3.63) is 33.6 Å². The van der Waals surface area contributed by atoms with Crippen molar-refractivity contribution in [2.75, 3.05) is 20.2 Å². The van der Waals surface area contributed by atoms with Crippen LogP contribution in [0.2, 0.25) is 0 Å². The summed E-state index contributed by atoms with van der Waals surface area (Å²) in [5.74, 6) is -1.09. The zero-order chi connectivity index (χ0) is 14.8. The second-order valence-corrected chi connectivity index (χ2v) is 5.89. The second kappa shape index (κ2) is 5.59. The number of likely N-dealkylation sites (N-methyl/N-ethyl adjacent to an activating group) is 1. The summed E-state index contributed by atoms with van der Waals surface area (Å²) in [7, 11) is -2.78. The number of hydrogen-bond donors (Lipinski definition) is 1. The molecule has 1 rings (SSSR count). The molecular weight excluding hydrogens is 279 g/mol. The third-order valence-corrected chi connectivity index (χ3v) is 4.54. The van der Waals surface area contributed by atoms with Gasteiger partial charge < -0.3 is 5.11 Å². The Morgan fingerprint density at radius 3 is 2.53 bits per heavy atom. The molecule has 0 unspecified atom stereocenters. The van der Waals surface area contributed by atoms with Crippen LogP contribution in [0.25, 0.3) is 0 Å². The van der Waals surface area contributed by atoms with Gasteiger partial charge in [-0.3, -0.25) is 10.1 Å². The standard InChI is InChI=1S/C10H13FN2O5S/c1-7-5-8(11)9(13(15)16)6-10(7)19(17,18)12(2)3-4-14/h5-6,14H,3-4H2,1-2H3. The van der Waals surface area contributed by atoms with Crippen LogP contribution in [-0.4, -0.2) is 43.0 Å². The number of halogens is 1. The summed E-state index contributed by atoms with van der Waals surface area (Å²) in [6.45, 7) is 0.789. The second-order valence-electron chi connectivity index (χ2n) is 3.88. The fourth-order valence-electron chi connectivity index (χ4n) is 1.49. The van der Waals surface area contributed by atoms with Crippen molar-refractivity contribution < 1.29 is 22.8 Å². The van der Waals surface area contributed by atoms with E-state index in [-0.39, 0.29) is 17.0 Å². The van der Waals surface area contributed by atoms with Gasteiger partial charge in [0.2, 0.25) is 15.8 Å². The lowest BCUT2D eigenvalue weighted by Gasteiger charge is -2.17. The first-order valence-corrected chi connectivity index (χ1v) is 6.67. The highest BCUT2D eigenvalue weighted by molar-refractivity contribution is 7.89. The Morgan fingerprint density at radius 2 is 2.05 bits per heavy atom. The first-order chi connectivity index (χ1) is 8.71. The van der Waals surface area contributed by atoms with E-state index in [1.807, 2.05) is 0 Å². The highest BCUT2D eigenvalue weighted by Crippen LogP contribution is 2.26. The Balaban J connectivity index is 3.43. The van der Waals surface area contributed by atoms with E-state index in [0.717, 1.165) is 10.4 Å². The van der Waals surface area contributed by atoms with E-state index >= 15 is 0 Å². The van der Waals surface area contributed by atoms with Gasteiger partial charge >= 0.3 is 5.69 Å². The highest BCUT2D eigenvalue weighted by atomic mass is 32.2. The van der Waals surface area contributed by atoms with E-state index in [1.165, 1.54) is 14.0 Å². The van der Waals surface area contributed by atoms with Gasteiger partial charge in [0.15, 0.2) is 0 Å². The summed E-state index contributed by atoms with van der Waals surface area (Å²) in [5.41, 5.74) is -0.838. The van der Waals surface area contributed by atoms with E-state index in [4.69, 9.17) is 5.11 Å². The van der Waals surface area contributed by atoms with Crippen molar-refractivity contribution in [2.45, 2.75) is 11.8 Å². The molecule has 0 heterocycles. The summed E-state index contributed by atoms with van der Waals surface area (Å²) in [5, 5.41) is 19.4. The predicted octanol–water partition coefficient (Wildman–Crippen LogP) is 0.655. The van der Waals surface area contributed by atoms with E-state index in [0.29, 0.717) is 6.07 Å². The fraction of sp³-hybridized carbons (Fsp3) is 0.400. The topological polar surface area (TPSA) is 101 Å². The molecule has 0 saturated heterocycles. The third kappa shape index (κ3) is 3.06. The number of sulfonamides is 1. The molecule has 0 saturated carbocycles. The lowest BCUT2D eigenvalue weighted by molar-refractivity contribution is -0.387. The number of hydrogen-bond acceptors (Lipinski definition) is 5. The highest BCUT2D eigenvalue weighted by Gasteiger charge is 2.27. The summed E-state index contributed by atoms with van der Waals surface area (Å²) < 4.78 is 38.4. The summed E-state index contributed by atoms with van der Waals surface area (Å²) in [6, 6.07) is 1.49. The van der Waals surface area contributed by atoms with E-state index in [2.05, 4.69) is 0 Å². The number of benzene rings is 1. The van der Waals surface area contributed by atoms with E-state index in [9.17, 15) is 22.9 Å². The van der Waals surface area contributed by atoms with Gasteiger partial charge in [-0.1, -0.05) is 0 Å². The van der Waals surface area contributed by atoms with Crippen LogP contribution in [-0.2, 0) is 10.0 Å². The lowest BCUT2D eigenvalue weighted by Crippen LogP contribution is -2.30. The molecule has 1 N–H and O–H groups in total. The fourth-order valence-corrected chi connectivity index (χ4v) is 2.87. The van der Waals surface area contributed by atoms with Gasteiger partial charge in [0.1, 0.15) is 0 Å². The number of aryl methyl sites for hydroxylation is 1. The maximum Gasteiger partial charge on any atom is 0.306 e. The molecule has 7 nitrogen and oxygen atoms in total. The lowest BCUT2D eigenvalue weighted by atomic mass is 10.2. The number of aliphatic hydroxyl groups is 1. The zero-order valence-electron chi connectivity index (χ0n) is 10.3. The summed E-state index contributed by atoms with van der Waals surface area (Å²) in [6.07, 6.45) is 0. The number of nitro benzene ring substituents is 1. The van der Waals surface area contributed by atoms with Crippen molar-refractivity contribution in [3.63, 3.8) is 0 Å². The zero-order valence-corrected chi connectivity index (χ0v) is 11.1. The van der Waals surface area contributed by atoms with Crippen molar-refractivity contribution >= 4 is 15.7 Å². The Kier molecular flexibility index (Phi) is 4.56. The maximum atomic E-state index is 13.3. The minimum atomic E-state index is -4.00. The first kappa shape index (κ1) is 15.5. The molecule has 9 heteroatoms. The van der Waals surface area contributed by atoms with Gasteiger partial charge in [0.25, 0.3) is 0 Å². The molecule has 0 amide bonds. The molecule has 0 spiro atoms. The van der Waals surface area contributed by atoms with E-state index < -0.39 is 33.1 Å². The molecule has 1 aromatic carbocycles. The molecule has 0 radical (unpaired) electrons. The molecule has 0 fully saturated rings. The Labute approximate surface area is 109 Å². The average Bonchev–Trinajstić information content (AvgIpc) is 2.28. The molecule has 0 aliphatic carbocycles. The Morgan fingerprint density at radius 1 is 1.47 bits per heavy atom. The minimum Gasteiger partial charge on any atom is -0.395 e. The molecule has 19 heavy (non-hydrogen) atoms. The molecular formula is C10H13FN2O5S. The number of nitro groups is 1. The minimum absolute atomic E-state index is 0.0629.